The molecule has 1 fully saturated rings. The number of hydrogen-bond acceptors (Lipinski definition) is 4. The van der Waals surface area contributed by atoms with E-state index in [1.165, 1.54) is 25.9 Å². The lowest BCUT2D eigenvalue weighted by molar-refractivity contribution is 0.0998. The summed E-state index contributed by atoms with van der Waals surface area (Å²) in [4.78, 5) is 2.55. The molecule has 0 spiro atoms. The lowest BCUT2D eigenvalue weighted by Gasteiger charge is -2.37. The van der Waals surface area contributed by atoms with Crippen molar-refractivity contribution in [3.8, 4) is 11.5 Å². The molecule has 2 rings (SSSR count). The number of benzene rings is 1. The van der Waals surface area contributed by atoms with Crippen LogP contribution in [-0.2, 0) is 0 Å². The van der Waals surface area contributed by atoms with Crippen LogP contribution in [0.2, 0.25) is 0 Å². The van der Waals surface area contributed by atoms with Gasteiger partial charge in [-0.15, -0.1) is 0 Å². The van der Waals surface area contributed by atoms with Gasteiger partial charge in [-0.3, -0.25) is 0 Å². The zero-order valence-electron chi connectivity index (χ0n) is 14.1. The first-order valence-electron chi connectivity index (χ1n) is 8.35. The largest absolute Gasteiger partial charge is 0.493 e. The Kier molecular flexibility index (Phi) is 6.52. The number of ether oxygens (including phenoxy) is 2. The summed E-state index contributed by atoms with van der Waals surface area (Å²) in [6.45, 7) is 8.24. The number of likely N-dealkylation sites (tertiary alicyclic amines) is 1. The van der Waals surface area contributed by atoms with Gasteiger partial charge in [0.15, 0.2) is 11.5 Å². The second kappa shape index (κ2) is 8.39. The third kappa shape index (κ3) is 4.37. The fourth-order valence-electron chi connectivity index (χ4n) is 3.24. The predicted molar refractivity (Wildman–Crippen MR) is 90.5 cm³/mol. The summed E-state index contributed by atoms with van der Waals surface area (Å²) < 4.78 is 11.3. The Hall–Kier alpha value is -1.26. The van der Waals surface area contributed by atoms with Crippen molar-refractivity contribution >= 4 is 0 Å². The monoisotopic (exact) mass is 306 g/mol. The molecule has 1 aliphatic heterocycles. The van der Waals surface area contributed by atoms with Crippen molar-refractivity contribution in [3.05, 3.63) is 24.3 Å². The molecule has 4 heteroatoms. The van der Waals surface area contributed by atoms with Gasteiger partial charge in [-0.2, -0.15) is 0 Å². The van der Waals surface area contributed by atoms with E-state index < -0.39 is 0 Å². The van der Waals surface area contributed by atoms with Crippen LogP contribution in [0.1, 0.15) is 26.7 Å². The lowest BCUT2D eigenvalue weighted by Crippen LogP contribution is -2.42. The zero-order valence-corrected chi connectivity index (χ0v) is 14.1. The van der Waals surface area contributed by atoms with Crippen molar-refractivity contribution in [2.24, 2.45) is 17.6 Å². The third-order valence-electron chi connectivity index (χ3n) is 4.80. The van der Waals surface area contributed by atoms with Crippen LogP contribution < -0.4 is 15.2 Å². The first-order chi connectivity index (χ1) is 10.7. The average Bonchev–Trinajstić information content (AvgIpc) is 2.56. The zero-order chi connectivity index (χ0) is 15.9. The van der Waals surface area contributed by atoms with E-state index >= 15 is 0 Å². The molecular weight excluding hydrogens is 276 g/mol. The van der Waals surface area contributed by atoms with Gasteiger partial charge in [-0.1, -0.05) is 12.1 Å². The van der Waals surface area contributed by atoms with Gasteiger partial charge in [0.1, 0.15) is 0 Å². The van der Waals surface area contributed by atoms with Crippen LogP contribution in [0.15, 0.2) is 24.3 Å². The summed E-state index contributed by atoms with van der Waals surface area (Å²) in [5, 5.41) is 0. The molecule has 0 amide bonds. The minimum Gasteiger partial charge on any atom is -0.493 e. The van der Waals surface area contributed by atoms with Crippen molar-refractivity contribution in [2.75, 3.05) is 33.4 Å². The Labute approximate surface area is 134 Å². The maximum atomic E-state index is 6.01. The molecule has 2 N–H and O–H groups in total. The molecule has 22 heavy (non-hydrogen) atoms. The second-order valence-electron chi connectivity index (χ2n) is 6.42. The van der Waals surface area contributed by atoms with Gasteiger partial charge in [-0.25, -0.2) is 0 Å². The van der Waals surface area contributed by atoms with Crippen LogP contribution in [0.3, 0.4) is 0 Å². The molecule has 1 heterocycles. The average molecular weight is 306 g/mol. The Morgan fingerprint density at radius 1 is 1.18 bits per heavy atom. The minimum absolute atomic E-state index is 0.416. The van der Waals surface area contributed by atoms with E-state index in [1.54, 1.807) is 7.11 Å². The lowest BCUT2D eigenvalue weighted by atomic mass is 9.84. The highest BCUT2D eigenvalue weighted by Crippen LogP contribution is 2.29. The SMILES string of the molecule is COc1ccccc1OCC(CN)C1CCN(C(C)C)CC1. The number of methoxy groups -OCH3 is 1. The summed E-state index contributed by atoms with van der Waals surface area (Å²) in [5.41, 5.74) is 6.01. The summed E-state index contributed by atoms with van der Waals surface area (Å²) in [5.74, 6) is 2.67. The molecule has 0 bridgehead atoms. The standard InChI is InChI=1S/C18H30N2O2/c1-14(2)20-10-8-15(9-11-20)16(12-19)13-22-18-7-5-4-6-17(18)21-3/h4-7,14-16H,8-13,19H2,1-3H3. The number of piperidine rings is 1. The Morgan fingerprint density at radius 2 is 1.82 bits per heavy atom. The molecular formula is C18H30N2O2. The fraction of sp³-hybridized carbons (Fsp3) is 0.667. The summed E-state index contributed by atoms with van der Waals surface area (Å²) in [7, 11) is 1.67. The van der Waals surface area contributed by atoms with E-state index in [1.807, 2.05) is 24.3 Å². The fourth-order valence-corrected chi connectivity index (χ4v) is 3.24. The normalized spacial score (nSPS) is 18.4. The maximum Gasteiger partial charge on any atom is 0.161 e. The van der Waals surface area contributed by atoms with Gasteiger partial charge in [0.05, 0.1) is 13.7 Å². The smallest absolute Gasteiger partial charge is 0.161 e. The molecule has 1 aromatic carbocycles. The van der Waals surface area contributed by atoms with Crippen molar-refractivity contribution in [1.29, 1.82) is 0 Å². The van der Waals surface area contributed by atoms with Gasteiger partial charge >= 0.3 is 0 Å². The van der Waals surface area contributed by atoms with Crippen LogP contribution in [-0.4, -0.2) is 44.3 Å². The van der Waals surface area contributed by atoms with Crippen molar-refractivity contribution in [1.82, 2.24) is 4.90 Å². The Bertz CT molecular complexity index is 442. The van der Waals surface area contributed by atoms with E-state index in [0.29, 0.717) is 31.0 Å². The molecule has 1 aromatic rings. The minimum atomic E-state index is 0.416. The van der Waals surface area contributed by atoms with Crippen LogP contribution >= 0.6 is 0 Å². The second-order valence-corrected chi connectivity index (χ2v) is 6.42. The Morgan fingerprint density at radius 3 is 2.36 bits per heavy atom. The highest BCUT2D eigenvalue weighted by molar-refractivity contribution is 5.39. The first-order valence-corrected chi connectivity index (χ1v) is 8.35. The van der Waals surface area contributed by atoms with Crippen LogP contribution in [0.4, 0.5) is 0 Å². The molecule has 0 saturated carbocycles. The van der Waals surface area contributed by atoms with Gasteiger partial charge in [0, 0.05) is 12.0 Å². The Balaban J connectivity index is 1.87. The van der Waals surface area contributed by atoms with E-state index in [0.717, 1.165) is 11.5 Å². The number of nitrogens with two attached hydrogens (primary N) is 1. The van der Waals surface area contributed by atoms with Crippen LogP contribution in [0, 0.1) is 11.8 Å². The molecule has 0 radical (unpaired) electrons. The summed E-state index contributed by atoms with van der Waals surface area (Å²) >= 11 is 0. The molecule has 0 aromatic heterocycles. The highest BCUT2D eigenvalue weighted by Gasteiger charge is 2.27. The number of hydrogen-bond donors (Lipinski definition) is 1. The van der Waals surface area contributed by atoms with Crippen molar-refractivity contribution in [3.63, 3.8) is 0 Å². The van der Waals surface area contributed by atoms with Crippen molar-refractivity contribution in [2.45, 2.75) is 32.7 Å². The summed E-state index contributed by atoms with van der Waals surface area (Å²) in [6.07, 6.45) is 2.44. The van der Waals surface area contributed by atoms with Crippen LogP contribution in [0.25, 0.3) is 0 Å². The molecule has 124 valence electrons. The van der Waals surface area contributed by atoms with Crippen molar-refractivity contribution < 1.29 is 9.47 Å². The maximum absolute atomic E-state index is 6.01. The predicted octanol–water partition coefficient (Wildman–Crippen LogP) is 2.77. The molecule has 1 aliphatic rings. The van der Waals surface area contributed by atoms with Gasteiger partial charge in [-0.05, 0) is 64.4 Å². The summed E-state index contributed by atoms with van der Waals surface area (Å²) in [6, 6.07) is 8.44. The van der Waals surface area contributed by atoms with Gasteiger partial charge < -0.3 is 20.1 Å². The van der Waals surface area contributed by atoms with Crippen LogP contribution in [0.5, 0.6) is 11.5 Å². The van der Waals surface area contributed by atoms with E-state index in [2.05, 4.69) is 18.7 Å². The number of rotatable bonds is 7. The number of para-hydroxylation sites is 2. The van der Waals surface area contributed by atoms with Gasteiger partial charge in [0.2, 0.25) is 0 Å². The number of nitrogens with zero attached hydrogens (tertiary/aromatic N) is 1. The molecule has 1 saturated heterocycles. The third-order valence-corrected chi connectivity index (χ3v) is 4.80. The molecule has 4 nitrogen and oxygen atoms in total. The molecule has 0 aliphatic carbocycles. The van der Waals surface area contributed by atoms with E-state index in [9.17, 15) is 0 Å². The quantitative estimate of drug-likeness (QED) is 0.841. The van der Waals surface area contributed by atoms with Gasteiger partial charge in [0.25, 0.3) is 0 Å². The van der Waals surface area contributed by atoms with E-state index in [4.69, 9.17) is 15.2 Å². The topological polar surface area (TPSA) is 47.7 Å². The molecule has 1 atom stereocenters. The highest BCUT2D eigenvalue weighted by atomic mass is 16.5. The first kappa shape index (κ1) is 17.1. The van der Waals surface area contributed by atoms with E-state index in [-0.39, 0.29) is 0 Å². The molecule has 1 unspecified atom stereocenters.